The summed E-state index contributed by atoms with van der Waals surface area (Å²) in [7, 11) is 1.56. The van der Waals surface area contributed by atoms with Gasteiger partial charge < -0.3 is 10.1 Å². The van der Waals surface area contributed by atoms with Crippen molar-refractivity contribution in [1.29, 1.82) is 0 Å². The van der Waals surface area contributed by atoms with Crippen LogP contribution in [-0.4, -0.2) is 29.4 Å². The van der Waals surface area contributed by atoms with Gasteiger partial charge in [-0.1, -0.05) is 0 Å². The van der Waals surface area contributed by atoms with Gasteiger partial charge in [0.25, 0.3) is 0 Å². The van der Waals surface area contributed by atoms with E-state index in [9.17, 15) is 9.59 Å². The zero-order chi connectivity index (χ0) is 13.1. The molecule has 0 aromatic carbocycles. The topological polar surface area (TPSA) is 68.3 Å². The van der Waals surface area contributed by atoms with Crippen molar-refractivity contribution in [2.45, 2.75) is 32.8 Å². The second-order valence-electron chi connectivity index (χ2n) is 4.28. The highest BCUT2D eigenvalue weighted by molar-refractivity contribution is 7.14. The lowest BCUT2D eigenvalue weighted by Gasteiger charge is -2.21. The van der Waals surface area contributed by atoms with E-state index in [-0.39, 0.29) is 18.1 Å². The molecule has 0 aliphatic rings. The molecule has 1 N–H and O–H groups in total. The molecule has 0 saturated heterocycles. The van der Waals surface area contributed by atoms with Crippen LogP contribution in [0.15, 0.2) is 5.38 Å². The van der Waals surface area contributed by atoms with Gasteiger partial charge in [-0.2, -0.15) is 0 Å². The summed E-state index contributed by atoms with van der Waals surface area (Å²) in [5.74, 6) is -0.291. The molecule has 6 heteroatoms. The van der Waals surface area contributed by atoms with Crippen LogP contribution < -0.4 is 5.32 Å². The van der Waals surface area contributed by atoms with Gasteiger partial charge in [-0.15, -0.1) is 11.3 Å². The lowest BCUT2D eigenvalue weighted by Crippen LogP contribution is -2.29. The minimum Gasteiger partial charge on any atom is -0.378 e. The van der Waals surface area contributed by atoms with Gasteiger partial charge in [0.15, 0.2) is 10.9 Å². The van der Waals surface area contributed by atoms with Crippen molar-refractivity contribution in [3.05, 3.63) is 11.1 Å². The first-order chi connectivity index (χ1) is 7.84. The molecule has 1 aromatic heterocycles. The van der Waals surface area contributed by atoms with Crippen LogP contribution in [0.2, 0.25) is 0 Å². The molecule has 0 saturated carbocycles. The molecular weight excluding hydrogens is 240 g/mol. The van der Waals surface area contributed by atoms with Crippen molar-refractivity contribution in [3.63, 3.8) is 0 Å². The fraction of sp³-hybridized carbons (Fsp3) is 0.545. The van der Waals surface area contributed by atoms with Gasteiger partial charge in [-0.25, -0.2) is 4.98 Å². The fourth-order valence-corrected chi connectivity index (χ4v) is 1.88. The third kappa shape index (κ3) is 4.24. The van der Waals surface area contributed by atoms with Crippen LogP contribution in [0.1, 0.15) is 37.7 Å². The molecule has 1 heterocycles. The minimum atomic E-state index is -0.509. The van der Waals surface area contributed by atoms with Crippen LogP contribution >= 0.6 is 11.3 Å². The predicted octanol–water partition coefficient (Wildman–Crippen LogP) is 2.10. The minimum absolute atomic E-state index is 0.112. The van der Waals surface area contributed by atoms with Crippen LogP contribution in [0.5, 0.6) is 0 Å². The number of nitrogens with zero attached hydrogens (tertiary/aromatic N) is 1. The number of nitrogens with one attached hydrogen (secondary N) is 1. The first-order valence-corrected chi connectivity index (χ1v) is 6.03. The first-order valence-electron chi connectivity index (χ1n) is 5.15. The Bertz CT molecular complexity index is 426. The Morgan fingerprint density at radius 1 is 1.53 bits per heavy atom. The summed E-state index contributed by atoms with van der Waals surface area (Å²) in [6.45, 7) is 5.10. The molecule has 1 rings (SSSR count). The van der Waals surface area contributed by atoms with E-state index in [1.807, 2.05) is 13.8 Å². The third-order valence-electron chi connectivity index (χ3n) is 2.25. The van der Waals surface area contributed by atoms with Crippen molar-refractivity contribution >= 4 is 28.2 Å². The summed E-state index contributed by atoms with van der Waals surface area (Å²) in [4.78, 5) is 26.7. The molecule has 0 fully saturated rings. The number of rotatable bonds is 5. The van der Waals surface area contributed by atoms with E-state index in [4.69, 9.17) is 4.74 Å². The number of methoxy groups -OCH3 is 1. The van der Waals surface area contributed by atoms with Crippen LogP contribution in [0.4, 0.5) is 5.13 Å². The lowest BCUT2D eigenvalue weighted by atomic mass is 10.1. The van der Waals surface area contributed by atoms with Gasteiger partial charge >= 0.3 is 0 Å². The molecular formula is C11H16N2O3S. The number of thiazole rings is 1. The molecule has 0 radical (unpaired) electrons. The molecule has 0 spiro atoms. The van der Waals surface area contributed by atoms with E-state index in [1.165, 1.54) is 18.3 Å². The number of aromatic nitrogens is 1. The third-order valence-corrected chi connectivity index (χ3v) is 3.01. The number of hydrogen-bond acceptors (Lipinski definition) is 5. The Balaban J connectivity index is 2.59. The highest BCUT2D eigenvalue weighted by Gasteiger charge is 2.21. The molecule has 0 unspecified atom stereocenters. The van der Waals surface area contributed by atoms with Gasteiger partial charge in [0.1, 0.15) is 5.69 Å². The summed E-state index contributed by atoms with van der Waals surface area (Å²) < 4.78 is 5.16. The van der Waals surface area contributed by atoms with Crippen molar-refractivity contribution in [2.24, 2.45) is 0 Å². The largest absolute Gasteiger partial charge is 0.378 e. The van der Waals surface area contributed by atoms with Crippen molar-refractivity contribution < 1.29 is 14.3 Å². The van der Waals surface area contributed by atoms with Crippen LogP contribution in [-0.2, 0) is 9.53 Å². The maximum absolute atomic E-state index is 11.7. The fourth-order valence-electron chi connectivity index (χ4n) is 1.12. The molecule has 1 aromatic rings. The molecule has 94 valence electrons. The Labute approximate surface area is 104 Å². The van der Waals surface area contributed by atoms with Gasteiger partial charge in [0, 0.05) is 19.4 Å². The molecule has 1 amide bonds. The van der Waals surface area contributed by atoms with E-state index in [0.29, 0.717) is 10.8 Å². The highest BCUT2D eigenvalue weighted by atomic mass is 32.1. The number of hydrogen-bond donors (Lipinski definition) is 1. The van der Waals surface area contributed by atoms with Gasteiger partial charge in [-0.3, -0.25) is 9.59 Å². The zero-order valence-corrected chi connectivity index (χ0v) is 11.2. The highest BCUT2D eigenvalue weighted by Crippen LogP contribution is 2.18. The Morgan fingerprint density at radius 2 is 2.18 bits per heavy atom. The summed E-state index contributed by atoms with van der Waals surface area (Å²) in [5, 5.41) is 4.71. The maximum Gasteiger partial charge on any atom is 0.229 e. The summed E-state index contributed by atoms with van der Waals surface area (Å²) in [6, 6.07) is 0. The first kappa shape index (κ1) is 13.8. The number of carbonyl (C=O) groups excluding carboxylic acids is 2. The van der Waals surface area contributed by atoms with E-state index in [1.54, 1.807) is 12.5 Å². The molecule has 0 atom stereocenters. The monoisotopic (exact) mass is 256 g/mol. The normalized spacial score (nSPS) is 11.3. The average molecular weight is 256 g/mol. The van der Waals surface area contributed by atoms with Gasteiger partial charge in [0.2, 0.25) is 5.91 Å². The van der Waals surface area contributed by atoms with Crippen molar-refractivity contribution in [2.75, 3.05) is 12.4 Å². The second-order valence-corrected chi connectivity index (χ2v) is 5.14. The van der Waals surface area contributed by atoms with Gasteiger partial charge in [0.05, 0.1) is 12.0 Å². The predicted molar refractivity (Wildman–Crippen MR) is 66.5 cm³/mol. The Kier molecular flexibility index (Phi) is 4.36. The quantitative estimate of drug-likeness (QED) is 0.819. The lowest BCUT2D eigenvalue weighted by molar-refractivity contribution is -0.121. The number of Topliss-reactive ketones (excluding diaryl/α,β-unsaturated/α-hetero) is 1. The molecule has 0 bridgehead atoms. The number of ether oxygens (including phenoxy) is 1. The molecule has 0 aliphatic heterocycles. The Morgan fingerprint density at radius 3 is 2.65 bits per heavy atom. The van der Waals surface area contributed by atoms with Crippen LogP contribution in [0.25, 0.3) is 0 Å². The number of anilines is 1. The van der Waals surface area contributed by atoms with E-state index < -0.39 is 5.60 Å². The summed E-state index contributed by atoms with van der Waals surface area (Å²) >= 11 is 1.24. The standard InChI is InChI=1S/C11H16N2O3S/c1-7(14)8-6-17-10(12-8)13-9(15)5-11(2,3)16-4/h6H,5H2,1-4H3,(H,12,13,15). The Hall–Kier alpha value is -1.27. The zero-order valence-electron chi connectivity index (χ0n) is 10.4. The number of carbonyl (C=O) groups is 2. The summed E-state index contributed by atoms with van der Waals surface area (Å²) in [6.07, 6.45) is 0.235. The number of ketones is 1. The SMILES string of the molecule is COC(C)(C)CC(=O)Nc1nc(C(C)=O)cs1. The summed E-state index contributed by atoms with van der Waals surface area (Å²) in [5.41, 5.74) is -0.138. The van der Waals surface area contributed by atoms with Crippen LogP contribution in [0, 0.1) is 0 Å². The van der Waals surface area contributed by atoms with Crippen molar-refractivity contribution in [3.8, 4) is 0 Å². The number of amides is 1. The average Bonchev–Trinajstić information content (AvgIpc) is 2.65. The smallest absolute Gasteiger partial charge is 0.229 e. The van der Waals surface area contributed by atoms with E-state index in [2.05, 4.69) is 10.3 Å². The van der Waals surface area contributed by atoms with E-state index >= 15 is 0 Å². The molecule has 17 heavy (non-hydrogen) atoms. The van der Waals surface area contributed by atoms with E-state index in [0.717, 1.165) is 0 Å². The second kappa shape index (κ2) is 5.37. The molecule has 5 nitrogen and oxygen atoms in total. The molecule has 0 aliphatic carbocycles. The van der Waals surface area contributed by atoms with Crippen molar-refractivity contribution in [1.82, 2.24) is 4.98 Å². The van der Waals surface area contributed by atoms with Gasteiger partial charge in [-0.05, 0) is 13.8 Å². The maximum atomic E-state index is 11.7. The van der Waals surface area contributed by atoms with Crippen LogP contribution in [0.3, 0.4) is 0 Å².